The van der Waals surface area contributed by atoms with Gasteiger partial charge in [-0.3, -0.25) is 0 Å². The molecule has 0 amide bonds. The van der Waals surface area contributed by atoms with Gasteiger partial charge in [0.05, 0.1) is 6.10 Å². The van der Waals surface area contributed by atoms with Crippen LogP contribution in [0, 0.1) is 23.2 Å². The third kappa shape index (κ3) is 7.98. The zero-order chi connectivity index (χ0) is 33.9. The Bertz CT molecular complexity index is 1130. The summed E-state index contributed by atoms with van der Waals surface area (Å²) in [4.78, 5) is 2.23. The Labute approximate surface area is 268 Å². The first-order valence-corrected chi connectivity index (χ1v) is 17.1. The summed E-state index contributed by atoms with van der Waals surface area (Å²) in [5, 5.41) is 21.0. The Morgan fingerprint density at radius 2 is 1.48 bits per heavy atom. The number of alkyl halides is 8. The number of hydrogen-bond donors (Lipinski definition) is 2. The zero-order valence-electron chi connectivity index (χ0n) is 27.1. The monoisotopic (exact) mass is 669 g/mol. The van der Waals surface area contributed by atoms with Crippen molar-refractivity contribution in [2.75, 3.05) is 20.1 Å². The molecule has 264 valence electrons. The van der Waals surface area contributed by atoms with Gasteiger partial charge in [-0.25, -0.2) is 4.39 Å². The number of phenols is 1. The van der Waals surface area contributed by atoms with E-state index in [0.29, 0.717) is 25.2 Å². The molecule has 7 atom stereocenters. The van der Waals surface area contributed by atoms with E-state index in [0.717, 1.165) is 82.0 Å². The molecular weight excluding hydrogens is 618 g/mol. The third-order valence-corrected chi connectivity index (χ3v) is 11.5. The normalized spacial score (nSPS) is 29.9. The van der Waals surface area contributed by atoms with Crippen LogP contribution >= 0.6 is 0 Å². The van der Waals surface area contributed by atoms with Gasteiger partial charge in [-0.1, -0.05) is 51.5 Å². The van der Waals surface area contributed by atoms with Gasteiger partial charge in [-0.2, -0.15) is 30.7 Å². The molecule has 0 radical (unpaired) electrons. The van der Waals surface area contributed by atoms with Crippen LogP contribution in [-0.2, 0) is 6.42 Å². The molecule has 3 aliphatic carbocycles. The van der Waals surface area contributed by atoms with Crippen molar-refractivity contribution in [3.8, 4) is 5.75 Å². The molecule has 2 saturated carbocycles. The second-order valence-corrected chi connectivity index (χ2v) is 14.7. The first-order chi connectivity index (χ1) is 21.5. The molecular formula is C35H51F8NO2. The lowest BCUT2D eigenvalue weighted by Gasteiger charge is -2.54. The number of hydrogen-bond acceptors (Lipinski definition) is 3. The number of fused-ring (bicyclic) bond motifs is 5. The van der Waals surface area contributed by atoms with Crippen LogP contribution in [-0.4, -0.2) is 65.5 Å². The predicted molar refractivity (Wildman–Crippen MR) is 162 cm³/mol. The maximum atomic E-state index is 15.9. The Balaban J connectivity index is 1.14. The molecule has 0 aliphatic heterocycles. The van der Waals surface area contributed by atoms with Crippen molar-refractivity contribution < 1.29 is 45.3 Å². The number of aliphatic hydroxyl groups excluding tert-OH is 1. The Morgan fingerprint density at radius 1 is 0.870 bits per heavy atom. The lowest BCUT2D eigenvalue weighted by atomic mass is 9.51. The molecule has 0 aromatic heterocycles. The van der Waals surface area contributed by atoms with E-state index in [1.807, 2.05) is 13.1 Å². The molecule has 0 spiro atoms. The summed E-state index contributed by atoms with van der Waals surface area (Å²) in [7, 11) is 2.04. The largest absolute Gasteiger partial charge is 0.508 e. The molecule has 0 heterocycles. The molecule has 2 fully saturated rings. The van der Waals surface area contributed by atoms with E-state index in [4.69, 9.17) is 0 Å². The van der Waals surface area contributed by atoms with Gasteiger partial charge >= 0.3 is 18.0 Å². The van der Waals surface area contributed by atoms with E-state index in [-0.39, 0.29) is 41.8 Å². The first-order valence-electron chi connectivity index (χ1n) is 17.1. The van der Waals surface area contributed by atoms with Crippen LogP contribution < -0.4 is 0 Å². The van der Waals surface area contributed by atoms with Crippen LogP contribution in [0.25, 0.3) is 0 Å². The van der Waals surface area contributed by atoms with Crippen molar-refractivity contribution in [2.45, 2.75) is 139 Å². The van der Waals surface area contributed by atoms with Crippen molar-refractivity contribution in [2.24, 2.45) is 23.2 Å². The SMILES string of the molecule is CN(CCCCCCCCC(F)(F)C(F)(F)C(F)(F)F)CCCCC[C@@H]1Cc2cc(O)ccc2[C@@H]2[C@@H]1[C@@H]1CC[C@H](O)[C@@]1(C)C[C@@H]2F. The van der Waals surface area contributed by atoms with Crippen molar-refractivity contribution in [3.63, 3.8) is 0 Å². The fourth-order valence-corrected chi connectivity index (χ4v) is 8.91. The van der Waals surface area contributed by atoms with Crippen LogP contribution in [0.15, 0.2) is 18.2 Å². The Kier molecular flexibility index (Phi) is 12.0. The van der Waals surface area contributed by atoms with Crippen molar-refractivity contribution in [1.82, 2.24) is 4.90 Å². The maximum absolute atomic E-state index is 15.9. The van der Waals surface area contributed by atoms with Crippen molar-refractivity contribution in [3.05, 3.63) is 29.3 Å². The van der Waals surface area contributed by atoms with Crippen LogP contribution in [0.5, 0.6) is 5.75 Å². The smallest absolute Gasteiger partial charge is 0.459 e. The van der Waals surface area contributed by atoms with Gasteiger partial charge in [0.1, 0.15) is 11.9 Å². The minimum absolute atomic E-state index is 0.182. The summed E-state index contributed by atoms with van der Waals surface area (Å²) >= 11 is 0. The number of aromatic hydroxyl groups is 1. The number of phenolic OH excluding ortho intramolecular Hbond substituents is 1. The molecule has 1 aromatic rings. The maximum Gasteiger partial charge on any atom is 0.459 e. The number of benzene rings is 1. The van der Waals surface area contributed by atoms with E-state index in [1.54, 1.807) is 12.1 Å². The first kappa shape index (κ1) is 37.2. The molecule has 0 unspecified atom stereocenters. The quantitative estimate of drug-likeness (QED) is 0.136. The summed E-state index contributed by atoms with van der Waals surface area (Å²) < 4.78 is 105. The van der Waals surface area contributed by atoms with Crippen LogP contribution in [0.1, 0.15) is 114 Å². The van der Waals surface area contributed by atoms with E-state index in [9.17, 15) is 40.9 Å². The van der Waals surface area contributed by atoms with Gasteiger partial charge in [-0.05, 0) is 118 Å². The van der Waals surface area contributed by atoms with Gasteiger partial charge < -0.3 is 15.1 Å². The molecule has 1 aromatic carbocycles. The summed E-state index contributed by atoms with van der Waals surface area (Å²) in [6.45, 7) is 3.84. The summed E-state index contributed by atoms with van der Waals surface area (Å²) in [5.74, 6) is -10.3. The highest BCUT2D eigenvalue weighted by atomic mass is 19.4. The van der Waals surface area contributed by atoms with Crippen LogP contribution in [0.4, 0.5) is 35.1 Å². The summed E-state index contributed by atoms with van der Waals surface area (Å²) in [6.07, 6.45) is 0.392. The molecule has 46 heavy (non-hydrogen) atoms. The number of nitrogens with zero attached hydrogens (tertiary/aromatic N) is 1. The number of rotatable bonds is 16. The molecule has 3 nitrogen and oxygen atoms in total. The number of unbranched alkanes of at least 4 members (excludes halogenated alkanes) is 7. The molecule has 11 heteroatoms. The highest BCUT2D eigenvalue weighted by molar-refractivity contribution is 5.41. The van der Waals surface area contributed by atoms with Crippen LogP contribution in [0.3, 0.4) is 0 Å². The topological polar surface area (TPSA) is 43.7 Å². The van der Waals surface area contributed by atoms with E-state index < -0.39 is 36.7 Å². The van der Waals surface area contributed by atoms with Crippen molar-refractivity contribution >= 4 is 0 Å². The predicted octanol–water partition coefficient (Wildman–Crippen LogP) is 9.84. The van der Waals surface area contributed by atoms with E-state index in [1.165, 1.54) is 0 Å². The molecule has 2 N–H and O–H groups in total. The lowest BCUT2D eigenvalue weighted by molar-refractivity contribution is -0.355. The third-order valence-electron chi connectivity index (χ3n) is 11.5. The standard InChI is InChI=1S/C35H51F8NO2/c1-32-22-28(36)31-26-14-13-25(45)21-24(26)20-23(30(31)27(32)15-16-29(32)46)12-8-7-11-19-44(2)18-10-6-4-3-5-9-17-33(37,38)34(39,40)35(41,42)43/h13-14,21,23,27-31,45-46H,3-12,15-20,22H2,1-2H3/t23-,27+,28+,29+,30+,31+,32+/m1/s1. The fraction of sp³-hybridized carbons (Fsp3) is 0.829. The highest BCUT2D eigenvalue weighted by Gasteiger charge is 2.72. The van der Waals surface area contributed by atoms with Crippen molar-refractivity contribution in [1.29, 1.82) is 0 Å². The van der Waals surface area contributed by atoms with Gasteiger partial charge in [0.25, 0.3) is 0 Å². The van der Waals surface area contributed by atoms with Crippen LogP contribution in [0.2, 0.25) is 0 Å². The molecule has 0 bridgehead atoms. The minimum atomic E-state index is -6.27. The second-order valence-electron chi connectivity index (χ2n) is 14.7. The summed E-state index contributed by atoms with van der Waals surface area (Å²) in [5.41, 5.74) is 1.69. The number of halogens is 8. The molecule has 4 rings (SSSR count). The van der Waals surface area contributed by atoms with E-state index in [2.05, 4.69) is 11.8 Å². The summed E-state index contributed by atoms with van der Waals surface area (Å²) in [6, 6.07) is 5.37. The molecule has 3 aliphatic rings. The average molecular weight is 670 g/mol. The second kappa shape index (κ2) is 14.9. The average Bonchev–Trinajstić information content (AvgIpc) is 3.26. The van der Waals surface area contributed by atoms with Gasteiger partial charge in [0.2, 0.25) is 0 Å². The zero-order valence-corrected chi connectivity index (χ0v) is 27.1. The fourth-order valence-electron chi connectivity index (χ4n) is 8.91. The Morgan fingerprint density at radius 3 is 2.13 bits per heavy atom. The molecule has 0 saturated heterocycles. The van der Waals surface area contributed by atoms with Gasteiger partial charge in [0, 0.05) is 12.3 Å². The Hall–Kier alpha value is -1.62. The lowest BCUT2D eigenvalue weighted by Crippen LogP contribution is -2.51. The minimum Gasteiger partial charge on any atom is -0.508 e. The van der Waals surface area contributed by atoms with Gasteiger partial charge in [-0.15, -0.1) is 0 Å². The van der Waals surface area contributed by atoms with Gasteiger partial charge in [0.15, 0.2) is 0 Å². The number of aliphatic hydroxyl groups is 1. The highest BCUT2D eigenvalue weighted by Crippen LogP contribution is 2.63. The van der Waals surface area contributed by atoms with E-state index >= 15 is 4.39 Å².